The fourth-order valence-corrected chi connectivity index (χ4v) is 3.05. The van der Waals surface area contributed by atoms with Crippen molar-refractivity contribution in [3.8, 4) is 11.5 Å². The number of non-ortho nitro benzene ring substituents is 1. The maximum Gasteiger partial charge on any atom is 0.269 e. The molecule has 3 aromatic rings. The third kappa shape index (κ3) is 4.69. The number of carbonyl (C=O) groups is 1. The molecule has 3 rings (SSSR count). The summed E-state index contributed by atoms with van der Waals surface area (Å²) in [7, 11) is 3.06. The van der Waals surface area contributed by atoms with E-state index in [9.17, 15) is 14.9 Å². The highest BCUT2D eigenvalue weighted by Gasteiger charge is 2.24. The van der Waals surface area contributed by atoms with E-state index in [1.54, 1.807) is 50.4 Å². The lowest BCUT2D eigenvalue weighted by Gasteiger charge is -2.24. The number of nitrogens with zero attached hydrogens (tertiary/aromatic N) is 3. The van der Waals surface area contributed by atoms with Gasteiger partial charge in [-0.2, -0.15) is 0 Å². The van der Waals surface area contributed by atoms with Crippen molar-refractivity contribution in [2.75, 3.05) is 19.1 Å². The number of amides is 1. The Bertz CT molecular complexity index is 1130. The largest absolute Gasteiger partial charge is 0.495 e. The van der Waals surface area contributed by atoms with Crippen molar-refractivity contribution in [3.63, 3.8) is 0 Å². The minimum Gasteiger partial charge on any atom is -0.495 e. The van der Waals surface area contributed by atoms with Crippen LogP contribution in [0.2, 0.25) is 0 Å². The minimum atomic E-state index is -0.513. The van der Waals surface area contributed by atoms with Crippen LogP contribution in [-0.4, -0.2) is 30.9 Å². The van der Waals surface area contributed by atoms with Crippen LogP contribution in [0, 0.1) is 10.1 Å². The number of methoxy groups -OCH3 is 2. The number of ether oxygens (including phenoxy) is 2. The van der Waals surface area contributed by atoms with Gasteiger partial charge in [0.2, 0.25) is 0 Å². The summed E-state index contributed by atoms with van der Waals surface area (Å²) >= 11 is 0. The topological polar surface area (TPSA) is 94.3 Å². The van der Waals surface area contributed by atoms with Gasteiger partial charge in [-0.25, -0.2) is 4.99 Å². The van der Waals surface area contributed by atoms with Crippen molar-refractivity contribution in [2.45, 2.75) is 6.92 Å². The summed E-state index contributed by atoms with van der Waals surface area (Å²) in [6.07, 6.45) is 0. The second-order valence-corrected chi connectivity index (χ2v) is 6.45. The number of anilines is 1. The first kappa shape index (κ1) is 21.5. The van der Waals surface area contributed by atoms with Crippen molar-refractivity contribution >= 4 is 28.8 Å². The highest BCUT2D eigenvalue weighted by atomic mass is 16.6. The van der Waals surface area contributed by atoms with Crippen LogP contribution in [0.15, 0.2) is 77.8 Å². The summed E-state index contributed by atoms with van der Waals surface area (Å²) < 4.78 is 10.8. The van der Waals surface area contributed by atoms with Crippen LogP contribution in [0.4, 0.5) is 17.1 Å². The second-order valence-electron chi connectivity index (χ2n) is 6.45. The lowest BCUT2D eigenvalue weighted by Crippen LogP contribution is -2.35. The molecule has 0 aliphatic heterocycles. The van der Waals surface area contributed by atoms with Crippen molar-refractivity contribution in [1.82, 2.24) is 0 Å². The minimum absolute atomic E-state index is 0.0974. The van der Waals surface area contributed by atoms with Gasteiger partial charge in [0.05, 0.1) is 24.8 Å². The van der Waals surface area contributed by atoms with Gasteiger partial charge in [-0.15, -0.1) is 0 Å². The molecule has 0 aliphatic rings. The van der Waals surface area contributed by atoms with Crippen LogP contribution in [0.1, 0.15) is 17.3 Å². The number of benzene rings is 3. The maximum absolute atomic E-state index is 13.5. The Labute approximate surface area is 179 Å². The first-order valence-electron chi connectivity index (χ1n) is 9.36. The van der Waals surface area contributed by atoms with Crippen LogP contribution < -0.4 is 14.4 Å². The maximum atomic E-state index is 13.5. The smallest absolute Gasteiger partial charge is 0.269 e. The van der Waals surface area contributed by atoms with Gasteiger partial charge in [0.15, 0.2) is 0 Å². The third-order valence-corrected chi connectivity index (χ3v) is 4.55. The number of nitro benzene ring substituents is 1. The molecule has 1 amide bonds. The molecular weight excluding hydrogens is 398 g/mol. The van der Waals surface area contributed by atoms with Crippen LogP contribution >= 0.6 is 0 Å². The van der Waals surface area contributed by atoms with Crippen molar-refractivity contribution < 1.29 is 19.2 Å². The van der Waals surface area contributed by atoms with Gasteiger partial charge in [-0.05, 0) is 43.3 Å². The van der Waals surface area contributed by atoms with Gasteiger partial charge in [-0.1, -0.05) is 24.3 Å². The van der Waals surface area contributed by atoms with E-state index in [2.05, 4.69) is 4.99 Å². The Morgan fingerprint density at radius 3 is 2.10 bits per heavy atom. The normalized spacial score (nSPS) is 11.0. The molecule has 0 radical (unpaired) electrons. The number of para-hydroxylation sites is 4. The fraction of sp³-hybridized carbons (Fsp3) is 0.130. The molecule has 0 saturated heterocycles. The van der Waals surface area contributed by atoms with E-state index >= 15 is 0 Å². The average molecular weight is 419 g/mol. The monoisotopic (exact) mass is 419 g/mol. The van der Waals surface area contributed by atoms with Gasteiger partial charge in [0.1, 0.15) is 23.0 Å². The van der Waals surface area contributed by atoms with Crippen LogP contribution in [-0.2, 0) is 0 Å². The number of hydrogen-bond acceptors (Lipinski definition) is 6. The Hall–Kier alpha value is -4.20. The molecule has 0 unspecified atom stereocenters. The van der Waals surface area contributed by atoms with Gasteiger partial charge in [0.25, 0.3) is 11.6 Å². The summed E-state index contributed by atoms with van der Waals surface area (Å²) in [6, 6.07) is 19.7. The zero-order chi connectivity index (χ0) is 22.4. The number of rotatable bonds is 6. The Morgan fingerprint density at radius 1 is 0.903 bits per heavy atom. The molecule has 0 aromatic heterocycles. The van der Waals surface area contributed by atoms with E-state index in [4.69, 9.17) is 9.47 Å². The molecule has 0 fully saturated rings. The number of hydrogen-bond donors (Lipinski definition) is 0. The molecule has 0 spiro atoms. The quantitative estimate of drug-likeness (QED) is 0.242. The highest BCUT2D eigenvalue weighted by molar-refractivity contribution is 6.23. The zero-order valence-corrected chi connectivity index (χ0v) is 17.3. The zero-order valence-electron chi connectivity index (χ0n) is 17.3. The first-order valence-corrected chi connectivity index (χ1v) is 9.36. The highest BCUT2D eigenvalue weighted by Crippen LogP contribution is 2.32. The Morgan fingerprint density at radius 2 is 1.48 bits per heavy atom. The molecule has 0 N–H and O–H groups in total. The molecule has 0 heterocycles. The van der Waals surface area contributed by atoms with E-state index in [-0.39, 0.29) is 11.3 Å². The van der Waals surface area contributed by atoms with Crippen LogP contribution in [0.3, 0.4) is 0 Å². The van der Waals surface area contributed by atoms with E-state index < -0.39 is 10.8 Å². The molecule has 0 bridgehead atoms. The molecule has 0 atom stereocenters. The number of nitro groups is 1. The van der Waals surface area contributed by atoms with Gasteiger partial charge >= 0.3 is 0 Å². The van der Waals surface area contributed by atoms with E-state index in [0.29, 0.717) is 28.7 Å². The predicted octanol–water partition coefficient (Wildman–Crippen LogP) is 5.01. The molecule has 31 heavy (non-hydrogen) atoms. The summed E-state index contributed by atoms with van der Waals surface area (Å²) in [5.74, 6) is 1.00. The van der Waals surface area contributed by atoms with Crippen LogP contribution in [0.25, 0.3) is 0 Å². The van der Waals surface area contributed by atoms with Crippen molar-refractivity contribution in [3.05, 3.63) is 88.5 Å². The lowest BCUT2D eigenvalue weighted by molar-refractivity contribution is -0.384. The standard InChI is InChI=1S/C23H21N3O5/c1-16(24-19-8-4-6-10-21(19)30-2)25(20-9-5-7-11-22(20)31-3)23(27)17-12-14-18(15-13-17)26(28)29/h4-15H,1-3H3. The molecule has 3 aromatic carbocycles. The predicted molar refractivity (Wildman–Crippen MR) is 119 cm³/mol. The summed E-state index contributed by atoms with van der Waals surface area (Å²) in [6.45, 7) is 1.70. The fourth-order valence-electron chi connectivity index (χ4n) is 3.05. The molecule has 0 saturated carbocycles. The van der Waals surface area contributed by atoms with Crippen molar-refractivity contribution in [1.29, 1.82) is 0 Å². The number of aliphatic imine (C=N–C) groups is 1. The lowest BCUT2D eigenvalue weighted by atomic mass is 10.1. The summed E-state index contributed by atoms with van der Waals surface area (Å²) in [5.41, 5.74) is 1.22. The molecule has 158 valence electrons. The third-order valence-electron chi connectivity index (χ3n) is 4.55. The van der Waals surface area contributed by atoms with E-state index in [1.165, 1.54) is 36.3 Å². The first-order chi connectivity index (χ1) is 15.0. The average Bonchev–Trinajstić information content (AvgIpc) is 2.80. The summed E-state index contributed by atoms with van der Waals surface area (Å²) in [4.78, 5) is 29.9. The Kier molecular flexibility index (Phi) is 6.61. The molecule has 8 heteroatoms. The SMILES string of the molecule is COc1ccccc1N=C(C)N(C(=O)c1ccc([N+](=O)[O-])cc1)c1ccccc1OC. The van der Waals surface area contributed by atoms with Gasteiger partial charge in [0, 0.05) is 17.7 Å². The Balaban J connectivity index is 2.11. The van der Waals surface area contributed by atoms with Gasteiger partial charge < -0.3 is 9.47 Å². The number of carbonyl (C=O) groups excluding carboxylic acids is 1. The summed E-state index contributed by atoms with van der Waals surface area (Å²) in [5, 5.41) is 11.0. The number of amidine groups is 1. The van der Waals surface area contributed by atoms with Crippen molar-refractivity contribution in [2.24, 2.45) is 4.99 Å². The van der Waals surface area contributed by atoms with E-state index in [1.807, 2.05) is 12.1 Å². The van der Waals surface area contributed by atoms with Gasteiger partial charge in [-0.3, -0.25) is 19.8 Å². The molecular formula is C23H21N3O5. The molecule has 0 aliphatic carbocycles. The van der Waals surface area contributed by atoms with E-state index in [0.717, 1.165) is 0 Å². The molecule has 8 nitrogen and oxygen atoms in total. The van der Waals surface area contributed by atoms with Crippen LogP contribution in [0.5, 0.6) is 11.5 Å². The second kappa shape index (κ2) is 9.53.